The van der Waals surface area contributed by atoms with Gasteiger partial charge in [-0.3, -0.25) is 0 Å². The van der Waals surface area contributed by atoms with Gasteiger partial charge in [0.1, 0.15) is 0 Å². The van der Waals surface area contributed by atoms with Crippen molar-refractivity contribution in [3.63, 3.8) is 0 Å². The second kappa shape index (κ2) is 1.61. The van der Waals surface area contributed by atoms with Crippen LogP contribution in [0.2, 0.25) is 0 Å². The number of rotatable bonds is 0. The standard InChI is InChI=1S/C5H11N/c1-5-3-2-4-6-5/h5-6H,2-4H2,1H3/i2D2,3D2,4D2,5D. The minimum Gasteiger partial charge on any atom is -0.314 e. The molecular formula is C5H11N. The van der Waals surface area contributed by atoms with Gasteiger partial charge in [-0.2, -0.15) is 0 Å². The Morgan fingerprint density at radius 3 is 3.17 bits per heavy atom. The maximum atomic E-state index is 7.43. The molecule has 0 amide bonds. The van der Waals surface area contributed by atoms with E-state index in [1.165, 1.54) is 0 Å². The second-order valence-corrected chi connectivity index (χ2v) is 1.12. The fraction of sp³-hybridized carbons (Fsp3) is 1.00. The molecule has 1 unspecified atom stereocenters. The van der Waals surface area contributed by atoms with Crippen LogP contribution in [-0.2, 0) is 0 Å². The summed E-state index contributed by atoms with van der Waals surface area (Å²) in [6, 6.07) is -1.96. The molecule has 1 aliphatic rings. The summed E-state index contributed by atoms with van der Waals surface area (Å²) in [4.78, 5) is 0. The quantitative estimate of drug-likeness (QED) is 0.465. The molecule has 1 atom stereocenters. The zero-order valence-electron chi connectivity index (χ0n) is 10.5. The number of hydrogen-bond donors (Lipinski definition) is 1. The lowest BCUT2D eigenvalue weighted by Crippen LogP contribution is -2.16. The highest BCUT2D eigenvalue weighted by atomic mass is 14.9. The first-order chi connectivity index (χ1) is 5.46. The lowest BCUT2D eigenvalue weighted by atomic mass is 10.3. The van der Waals surface area contributed by atoms with Crippen molar-refractivity contribution in [3.8, 4) is 0 Å². The van der Waals surface area contributed by atoms with E-state index in [0.717, 1.165) is 6.92 Å². The van der Waals surface area contributed by atoms with Crippen LogP contribution >= 0.6 is 0 Å². The highest BCUT2D eigenvalue weighted by Crippen LogP contribution is 2.01. The van der Waals surface area contributed by atoms with E-state index in [4.69, 9.17) is 9.60 Å². The molecule has 0 aliphatic carbocycles. The molecule has 0 saturated carbocycles. The molecule has 1 N–H and O–H groups in total. The van der Waals surface area contributed by atoms with Gasteiger partial charge in [-0.05, 0) is 26.2 Å². The average molecular weight is 92.2 g/mol. The lowest BCUT2D eigenvalue weighted by molar-refractivity contribution is 0.664. The fourth-order valence-corrected chi connectivity index (χ4v) is 0.281. The minimum atomic E-state index is -2.71. The third kappa shape index (κ3) is 0.716. The largest absolute Gasteiger partial charge is 0.314 e. The molecule has 1 fully saturated rings. The van der Waals surface area contributed by atoms with Crippen LogP contribution in [0.15, 0.2) is 0 Å². The van der Waals surface area contributed by atoms with Crippen molar-refractivity contribution in [3.05, 3.63) is 0 Å². The van der Waals surface area contributed by atoms with E-state index in [-0.39, 0.29) is 0 Å². The summed E-state index contributed by atoms with van der Waals surface area (Å²) in [5.74, 6) is 0. The Kier molecular flexibility index (Phi) is 0.234. The Bertz CT molecular complexity index is 209. The zero-order valence-corrected chi connectivity index (χ0v) is 3.50. The van der Waals surface area contributed by atoms with Gasteiger partial charge in [0.05, 0.1) is 0 Å². The Balaban J connectivity index is 3.24. The maximum Gasteiger partial charge on any atom is 0.0462 e. The predicted molar refractivity (Wildman–Crippen MR) is 26.7 cm³/mol. The molecule has 1 heterocycles. The van der Waals surface area contributed by atoms with E-state index in [0.29, 0.717) is 0 Å². The summed E-state index contributed by atoms with van der Waals surface area (Å²) in [5, 5.41) is 2.00. The van der Waals surface area contributed by atoms with Gasteiger partial charge in [0.2, 0.25) is 0 Å². The van der Waals surface area contributed by atoms with E-state index in [1.54, 1.807) is 0 Å². The van der Waals surface area contributed by atoms with Crippen LogP contribution in [0.3, 0.4) is 0 Å². The van der Waals surface area contributed by atoms with E-state index >= 15 is 0 Å². The summed E-state index contributed by atoms with van der Waals surface area (Å²) in [5.41, 5.74) is 0. The van der Waals surface area contributed by atoms with Crippen LogP contribution in [-0.4, -0.2) is 12.5 Å². The van der Waals surface area contributed by atoms with Crippen LogP contribution in [0.5, 0.6) is 0 Å². The van der Waals surface area contributed by atoms with Crippen LogP contribution in [0, 0.1) is 0 Å². The Hall–Kier alpha value is -0.0400. The van der Waals surface area contributed by atoms with Gasteiger partial charge in [-0.1, -0.05) is 0 Å². The molecule has 0 aromatic rings. The van der Waals surface area contributed by atoms with Gasteiger partial charge in [-0.25, -0.2) is 0 Å². The maximum absolute atomic E-state index is 7.43. The Morgan fingerprint density at radius 1 is 2.17 bits per heavy atom. The minimum absolute atomic E-state index is 1.12. The summed E-state index contributed by atoms with van der Waals surface area (Å²) in [6.07, 6.45) is -5.28. The van der Waals surface area contributed by atoms with Crippen LogP contribution in [0.1, 0.15) is 29.3 Å². The smallest absolute Gasteiger partial charge is 0.0462 e. The lowest BCUT2D eigenvalue weighted by Gasteiger charge is -1.95. The van der Waals surface area contributed by atoms with E-state index in [2.05, 4.69) is 0 Å². The van der Waals surface area contributed by atoms with Crippen molar-refractivity contribution in [2.45, 2.75) is 25.7 Å². The first-order valence-corrected chi connectivity index (χ1v) is 1.75. The van der Waals surface area contributed by atoms with Crippen molar-refractivity contribution < 1.29 is 9.60 Å². The van der Waals surface area contributed by atoms with E-state index in [9.17, 15) is 0 Å². The normalized spacial score (nSPS) is 89.2. The predicted octanol–water partition coefficient (Wildman–Crippen LogP) is 0.758. The van der Waals surface area contributed by atoms with Crippen molar-refractivity contribution in [1.29, 1.82) is 0 Å². The molecule has 1 rings (SSSR count). The number of hydrogen-bond acceptors (Lipinski definition) is 1. The van der Waals surface area contributed by atoms with Gasteiger partial charge in [0.15, 0.2) is 0 Å². The third-order valence-corrected chi connectivity index (χ3v) is 0.562. The SMILES string of the molecule is [2H]C1([2H])NC([2H])(C)C([2H])([2H])C1([2H])[2H]. The van der Waals surface area contributed by atoms with Gasteiger partial charge >= 0.3 is 0 Å². The van der Waals surface area contributed by atoms with Gasteiger partial charge in [-0.15, -0.1) is 0 Å². The molecule has 1 aliphatic heterocycles. The van der Waals surface area contributed by atoms with Crippen molar-refractivity contribution in [2.75, 3.05) is 6.50 Å². The molecule has 1 heteroatoms. The summed E-state index contributed by atoms with van der Waals surface area (Å²) < 4.78 is 51.1. The summed E-state index contributed by atoms with van der Waals surface area (Å²) in [7, 11) is 0. The first kappa shape index (κ1) is 0.873. The molecule has 1 saturated heterocycles. The van der Waals surface area contributed by atoms with Crippen LogP contribution in [0.25, 0.3) is 0 Å². The molecule has 0 aromatic carbocycles. The molecule has 0 bridgehead atoms. The van der Waals surface area contributed by atoms with Crippen LogP contribution in [0.4, 0.5) is 0 Å². The second-order valence-electron chi connectivity index (χ2n) is 1.12. The van der Waals surface area contributed by atoms with E-state index < -0.39 is 25.3 Å². The highest BCUT2D eigenvalue weighted by Gasteiger charge is 2.05. The van der Waals surface area contributed by atoms with Crippen molar-refractivity contribution >= 4 is 0 Å². The van der Waals surface area contributed by atoms with E-state index in [1.807, 2.05) is 5.32 Å². The Morgan fingerprint density at radius 2 is 3.00 bits per heavy atom. The van der Waals surface area contributed by atoms with Gasteiger partial charge < -0.3 is 5.32 Å². The van der Waals surface area contributed by atoms with Gasteiger partial charge in [0.25, 0.3) is 0 Å². The fourth-order valence-electron chi connectivity index (χ4n) is 0.281. The molecule has 6 heavy (non-hydrogen) atoms. The van der Waals surface area contributed by atoms with Crippen molar-refractivity contribution in [1.82, 2.24) is 5.32 Å². The molecule has 0 spiro atoms. The molecular weight excluding hydrogens is 74.1 g/mol. The summed E-state index contributed by atoms with van der Waals surface area (Å²) in [6.45, 7) is -1.40. The number of nitrogens with one attached hydrogen (secondary N) is 1. The first-order valence-electron chi connectivity index (χ1n) is 5.25. The molecule has 0 aromatic heterocycles. The average Bonchev–Trinajstić information content (AvgIpc) is 1.88. The zero-order chi connectivity index (χ0) is 10.7. The third-order valence-electron chi connectivity index (χ3n) is 0.562. The monoisotopic (exact) mass is 92.1 g/mol. The highest BCUT2D eigenvalue weighted by molar-refractivity contribution is 4.67. The molecule has 36 valence electrons. The van der Waals surface area contributed by atoms with Crippen LogP contribution < -0.4 is 5.32 Å². The topological polar surface area (TPSA) is 12.0 Å². The molecule has 1 nitrogen and oxygen atoms in total. The van der Waals surface area contributed by atoms with Crippen molar-refractivity contribution in [2.24, 2.45) is 0 Å². The van der Waals surface area contributed by atoms with Gasteiger partial charge in [0, 0.05) is 15.6 Å². The molecule has 0 radical (unpaired) electrons. The summed E-state index contributed by atoms with van der Waals surface area (Å²) >= 11 is 0. The Labute approximate surface area is 48.6 Å².